The van der Waals surface area contributed by atoms with Gasteiger partial charge in [-0.1, -0.05) is 0 Å². The van der Waals surface area contributed by atoms with Gasteiger partial charge >= 0.3 is 5.69 Å². The molecule has 1 aliphatic rings. The van der Waals surface area contributed by atoms with Crippen molar-refractivity contribution >= 4 is 11.6 Å². The van der Waals surface area contributed by atoms with E-state index in [9.17, 15) is 25.1 Å². The largest absolute Gasteiger partial charge is 0.502 e. The fourth-order valence-electron chi connectivity index (χ4n) is 2.26. The van der Waals surface area contributed by atoms with E-state index in [4.69, 9.17) is 0 Å². The molecule has 19 heavy (non-hydrogen) atoms. The predicted molar refractivity (Wildman–Crippen MR) is 65.9 cm³/mol. The van der Waals surface area contributed by atoms with Crippen LogP contribution in [0.3, 0.4) is 0 Å². The van der Waals surface area contributed by atoms with Gasteiger partial charge in [-0.2, -0.15) is 0 Å². The number of amides is 1. The number of hydrogen-bond acceptors (Lipinski definition) is 5. The van der Waals surface area contributed by atoms with Gasteiger partial charge in [0.15, 0.2) is 5.75 Å². The van der Waals surface area contributed by atoms with Crippen molar-refractivity contribution in [2.75, 3.05) is 13.2 Å². The molecule has 0 radical (unpaired) electrons. The van der Waals surface area contributed by atoms with E-state index in [2.05, 4.69) is 0 Å². The lowest BCUT2D eigenvalue weighted by Crippen LogP contribution is -2.37. The molecule has 1 atom stereocenters. The summed E-state index contributed by atoms with van der Waals surface area (Å²) in [6.45, 7) is 0.407. The molecule has 7 nitrogen and oxygen atoms in total. The fourth-order valence-corrected chi connectivity index (χ4v) is 2.26. The van der Waals surface area contributed by atoms with Crippen LogP contribution >= 0.6 is 0 Å². The molecule has 0 saturated carbocycles. The van der Waals surface area contributed by atoms with E-state index in [1.54, 1.807) is 0 Å². The van der Waals surface area contributed by atoms with Gasteiger partial charge in [0.25, 0.3) is 5.91 Å². The third-order valence-corrected chi connectivity index (χ3v) is 3.27. The molecule has 1 amide bonds. The Morgan fingerprint density at radius 1 is 1.53 bits per heavy atom. The maximum Gasteiger partial charge on any atom is 0.311 e. The highest BCUT2D eigenvalue weighted by Gasteiger charge is 2.29. The Balaban J connectivity index is 2.29. The van der Waals surface area contributed by atoms with Crippen LogP contribution in [0.1, 0.15) is 23.2 Å². The minimum absolute atomic E-state index is 0.119. The smallest absolute Gasteiger partial charge is 0.311 e. The summed E-state index contributed by atoms with van der Waals surface area (Å²) in [6, 6.07) is 3.30. The lowest BCUT2D eigenvalue weighted by atomic mass is 10.1. The maximum atomic E-state index is 12.2. The highest BCUT2D eigenvalue weighted by atomic mass is 16.6. The van der Waals surface area contributed by atoms with Crippen molar-refractivity contribution < 1.29 is 19.9 Å². The Bertz CT molecular complexity index is 517. The van der Waals surface area contributed by atoms with Crippen molar-refractivity contribution in [2.24, 2.45) is 0 Å². The Morgan fingerprint density at radius 2 is 2.26 bits per heavy atom. The monoisotopic (exact) mass is 266 g/mol. The average molecular weight is 266 g/mol. The second-order valence-electron chi connectivity index (χ2n) is 4.44. The number of nitro groups is 1. The average Bonchev–Trinajstić information content (AvgIpc) is 2.86. The van der Waals surface area contributed by atoms with Crippen molar-refractivity contribution in [2.45, 2.75) is 18.9 Å². The maximum absolute atomic E-state index is 12.2. The zero-order chi connectivity index (χ0) is 14.0. The number of likely N-dealkylation sites (tertiary alicyclic amines) is 1. The first-order valence-electron chi connectivity index (χ1n) is 5.94. The van der Waals surface area contributed by atoms with Gasteiger partial charge in [-0.25, -0.2) is 0 Å². The minimum atomic E-state index is -0.736. The first-order valence-corrected chi connectivity index (χ1v) is 5.94. The number of nitrogens with zero attached hydrogens (tertiary/aromatic N) is 2. The van der Waals surface area contributed by atoms with Crippen LogP contribution in [-0.4, -0.2) is 45.1 Å². The number of aromatic hydroxyl groups is 1. The minimum Gasteiger partial charge on any atom is -0.502 e. The summed E-state index contributed by atoms with van der Waals surface area (Å²) in [6.07, 6.45) is 1.53. The molecule has 0 aliphatic carbocycles. The summed E-state index contributed by atoms with van der Waals surface area (Å²) in [5, 5.41) is 29.2. The molecule has 2 rings (SSSR count). The molecule has 0 aromatic heterocycles. The highest BCUT2D eigenvalue weighted by Crippen LogP contribution is 2.28. The van der Waals surface area contributed by atoms with E-state index < -0.39 is 16.4 Å². The van der Waals surface area contributed by atoms with Gasteiger partial charge in [0.1, 0.15) is 0 Å². The van der Waals surface area contributed by atoms with E-state index in [0.29, 0.717) is 6.54 Å². The Kier molecular flexibility index (Phi) is 3.66. The number of phenolic OH excluding ortho intramolecular Hbond substituents is 1. The summed E-state index contributed by atoms with van der Waals surface area (Å²) in [5.41, 5.74) is -0.351. The first kappa shape index (κ1) is 13.3. The lowest BCUT2D eigenvalue weighted by Gasteiger charge is -2.22. The van der Waals surface area contributed by atoms with Crippen LogP contribution in [-0.2, 0) is 0 Å². The summed E-state index contributed by atoms with van der Waals surface area (Å²) in [7, 11) is 0. The van der Waals surface area contributed by atoms with Gasteiger partial charge in [-0.05, 0) is 25.0 Å². The lowest BCUT2D eigenvalue weighted by molar-refractivity contribution is -0.385. The molecule has 1 heterocycles. The fraction of sp³-hybridized carbons (Fsp3) is 0.417. The Morgan fingerprint density at radius 3 is 2.89 bits per heavy atom. The number of aliphatic hydroxyl groups is 1. The molecule has 0 bridgehead atoms. The number of phenols is 1. The summed E-state index contributed by atoms with van der Waals surface area (Å²) < 4.78 is 0. The van der Waals surface area contributed by atoms with Crippen molar-refractivity contribution in [3.05, 3.63) is 33.9 Å². The third kappa shape index (κ3) is 2.50. The Labute approximate surface area is 109 Å². The van der Waals surface area contributed by atoms with E-state index in [1.807, 2.05) is 0 Å². The van der Waals surface area contributed by atoms with Crippen LogP contribution < -0.4 is 0 Å². The van der Waals surface area contributed by atoms with Crippen LogP contribution in [0.2, 0.25) is 0 Å². The van der Waals surface area contributed by atoms with E-state index in [1.165, 1.54) is 11.0 Å². The Hall–Kier alpha value is -2.15. The van der Waals surface area contributed by atoms with E-state index in [-0.39, 0.29) is 24.1 Å². The normalized spacial score (nSPS) is 18.6. The van der Waals surface area contributed by atoms with Gasteiger partial charge in [0.2, 0.25) is 0 Å². The zero-order valence-electron chi connectivity index (χ0n) is 10.2. The van der Waals surface area contributed by atoms with Crippen LogP contribution in [0.5, 0.6) is 5.75 Å². The predicted octanol–water partition coefficient (Wildman–Crippen LogP) is 0.897. The second kappa shape index (κ2) is 5.23. The molecule has 1 aliphatic heterocycles. The summed E-state index contributed by atoms with van der Waals surface area (Å²) in [5.74, 6) is -0.832. The summed E-state index contributed by atoms with van der Waals surface area (Å²) >= 11 is 0. The topological polar surface area (TPSA) is 104 Å². The second-order valence-corrected chi connectivity index (χ2v) is 4.44. The number of aliphatic hydroxyl groups excluding tert-OH is 1. The van der Waals surface area contributed by atoms with E-state index >= 15 is 0 Å². The summed E-state index contributed by atoms with van der Waals surface area (Å²) in [4.78, 5) is 23.7. The SMILES string of the molecule is O=C(c1ccc(O)c([N+](=O)[O-])c1)N1CCCC1CO. The molecule has 102 valence electrons. The van der Waals surface area contributed by atoms with Crippen molar-refractivity contribution in [1.82, 2.24) is 4.90 Å². The van der Waals surface area contributed by atoms with Crippen LogP contribution in [0, 0.1) is 10.1 Å². The van der Waals surface area contributed by atoms with Crippen LogP contribution in [0.15, 0.2) is 18.2 Å². The van der Waals surface area contributed by atoms with Gasteiger partial charge in [0, 0.05) is 18.2 Å². The standard InChI is InChI=1S/C12H14N2O5/c15-7-9-2-1-5-13(9)12(17)8-3-4-11(16)10(6-8)14(18)19/h3-4,6,9,15-16H,1-2,5,7H2. The van der Waals surface area contributed by atoms with Crippen molar-refractivity contribution in [3.63, 3.8) is 0 Å². The van der Waals surface area contributed by atoms with Crippen molar-refractivity contribution in [3.8, 4) is 5.75 Å². The molecular formula is C12H14N2O5. The molecule has 0 spiro atoms. The number of carbonyl (C=O) groups is 1. The number of rotatable bonds is 3. The third-order valence-electron chi connectivity index (χ3n) is 3.27. The molecule has 7 heteroatoms. The van der Waals surface area contributed by atoms with Crippen molar-refractivity contribution in [1.29, 1.82) is 0 Å². The van der Waals surface area contributed by atoms with E-state index in [0.717, 1.165) is 25.0 Å². The molecule has 1 aromatic carbocycles. The molecule has 2 N–H and O–H groups in total. The first-order chi connectivity index (χ1) is 9.04. The number of nitro benzene ring substituents is 1. The van der Waals surface area contributed by atoms with Crippen LogP contribution in [0.25, 0.3) is 0 Å². The van der Waals surface area contributed by atoms with Gasteiger partial charge < -0.3 is 15.1 Å². The molecule has 1 saturated heterocycles. The molecule has 1 unspecified atom stereocenters. The molecular weight excluding hydrogens is 252 g/mol. The zero-order valence-corrected chi connectivity index (χ0v) is 10.2. The van der Waals surface area contributed by atoms with Gasteiger partial charge in [-0.3, -0.25) is 14.9 Å². The number of carbonyl (C=O) groups excluding carboxylic acids is 1. The van der Waals surface area contributed by atoms with Crippen LogP contribution in [0.4, 0.5) is 5.69 Å². The number of benzene rings is 1. The highest BCUT2D eigenvalue weighted by molar-refractivity contribution is 5.95. The quantitative estimate of drug-likeness (QED) is 0.624. The number of hydrogen-bond donors (Lipinski definition) is 2. The molecule has 1 fully saturated rings. The van der Waals surface area contributed by atoms with Gasteiger partial charge in [0.05, 0.1) is 17.6 Å². The molecule has 1 aromatic rings. The van der Waals surface area contributed by atoms with Gasteiger partial charge in [-0.15, -0.1) is 0 Å².